The minimum absolute atomic E-state index is 0.236. The molecule has 0 aromatic carbocycles. The number of fused-ring (bicyclic) bond motifs is 1. The first-order valence-electron chi connectivity index (χ1n) is 6.28. The van der Waals surface area contributed by atoms with Gasteiger partial charge in [0.05, 0.1) is 25.1 Å². The summed E-state index contributed by atoms with van der Waals surface area (Å²) in [5.41, 5.74) is 12.2. The molecule has 2 aromatic rings. The summed E-state index contributed by atoms with van der Waals surface area (Å²) in [7, 11) is 0. The number of hydrogen-bond acceptors (Lipinski definition) is 7. The normalized spacial score (nSPS) is 17.1. The van der Waals surface area contributed by atoms with Gasteiger partial charge in [-0.05, 0) is 0 Å². The van der Waals surface area contributed by atoms with Gasteiger partial charge < -0.3 is 16.2 Å². The quantitative estimate of drug-likeness (QED) is 0.755. The average molecular weight is 263 g/mol. The molecule has 3 heterocycles. The van der Waals surface area contributed by atoms with Crippen molar-refractivity contribution in [2.45, 2.75) is 6.54 Å². The third kappa shape index (κ3) is 2.45. The highest BCUT2D eigenvalue weighted by molar-refractivity contribution is 5.86. The van der Waals surface area contributed by atoms with E-state index in [1.54, 1.807) is 10.9 Å². The largest absolute Gasteiger partial charge is 0.382 e. The molecule has 0 unspecified atom stereocenters. The fourth-order valence-corrected chi connectivity index (χ4v) is 2.21. The van der Waals surface area contributed by atoms with Gasteiger partial charge in [0, 0.05) is 25.8 Å². The van der Waals surface area contributed by atoms with Crippen molar-refractivity contribution < 1.29 is 4.74 Å². The van der Waals surface area contributed by atoms with Gasteiger partial charge >= 0.3 is 0 Å². The number of morpholine rings is 1. The van der Waals surface area contributed by atoms with Crippen LogP contribution in [0.2, 0.25) is 0 Å². The number of rotatable bonds is 3. The number of nitrogen functional groups attached to an aromatic ring is 2. The standard InChI is InChI=1S/C11H17N7O/c12-9-8-7-14-11(13)15-10(8)18(16-9)2-1-17-3-5-19-6-4-17/h7H,1-6H2,(H2,12,16)(H2,13,14,15). The Kier molecular flexibility index (Phi) is 3.18. The molecular weight excluding hydrogens is 246 g/mol. The maximum atomic E-state index is 5.85. The fourth-order valence-electron chi connectivity index (χ4n) is 2.21. The SMILES string of the molecule is Nc1ncc2c(N)nn(CCN3CCOCC3)c2n1. The number of ether oxygens (including phenoxy) is 1. The van der Waals surface area contributed by atoms with Gasteiger partial charge in [-0.1, -0.05) is 0 Å². The van der Waals surface area contributed by atoms with Gasteiger partial charge in [0.25, 0.3) is 0 Å². The topological polar surface area (TPSA) is 108 Å². The molecule has 4 N–H and O–H groups in total. The van der Waals surface area contributed by atoms with E-state index in [9.17, 15) is 0 Å². The molecule has 0 saturated carbocycles. The van der Waals surface area contributed by atoms with Crippen molar-refractivity contribution in [3.05, 3.63) is 6.20 Å². The second kappa shape index (κ2) is 4.98. The Hall–Kier alpha value is -1.93. The highest BCUT2D eigenvalue weighted by Crippen LogP contribution is 2.18. The average Bonchev–Trinajstić information content (AvgIpc) is 2.74. The lowest BCUT2D eigenvalue weighted by molar-refractivity contribution is 0.0361. The van der Waals surface area contributed by atoms with E-state index in [0.29, 0.717) is 11.5 Å². The Morgan fingerprint density at radius 1 is 1.21 bits per heavy atom. The molecule has 0 bridgehead atoms. The number of nitrogens with two attached hydrogens (primary N) is 2. The molecule has 1 aliphatic heterocycles. The molecule has 0 radical (unpaired) electrons. The molecule has 0 amide bonds. The zero-order valence-corrected chi connectivity index (χ0v) is 10.6. The molecule has 8 heteroatoms. The van der Waals surface area contributed by atoms with E-state index in [0.717, 1.165) is 44.8 Å². The van der Waals surface area contributed by atoms with Crippen molar-refractivity contribution in [3.8, 4) is 0 Å². The number of hydrogen-bond donors (Lipinski definition) is 2. The van der Waals surface area contributed by atoms with Crippen LogP contribution in [0.5, 0.6) is 0 Å². The van der Waals surface area contributed by atoms with Crippen molar-refractivity contribution in [1.29, 1.82) is 0 Å². The van der Waals surface area contributed by atoms with Crippen LogP contribution in [0.1, 0.15) is 0 Å². The predicted molar refractivity (Wildman–Crippen MR) is 71.4 cm³/mol. The molecule has 0 atom stereocenters. The van der Waals surface area contributed by atoms with Gasteiger partial charge in [-0.2, -0.15) is 10.1 Å². The van der Waals surface area contributed by atoms with E-state index in [2.05, 4.69) is 20.0 Å². The predicted octanol–water partition coefficient (Wildman–Crippen LogP) is -0.677. The van der Waals surface area contributed by atoms with Crippen LogP contribution >= 0.6 is 0 Å². The van der Waals surface area contributed by atoms with E-state index in [-0.39, 0.29) is 5.95 Å². The Morgan fingerprint density at radius 3 is 2.79 bits per heavy atom. The van der Waals surface area contributed by atoms with Crippen molar-refractivity contribution in [1.82, 2.24) is 24.6 Å². The molecule has 102 valence electrons. The number of nitrogens with zero attached hydrogens (tertiary/aromatic N) is 5. The van der Waals surface area contributed by atoms with Crippen LogP contribution in [-0.4, -0.2) is 57.5 Å². The van der Waals surface area contributed by atoms with Crippen LogP contribution in [0.3, 0.4) is 0 Å². The summed E-state index contributed by atoms with van der Waals surface area (Å²) in [5, 5.41) is 5.04. The minimum Gasteiger partial charge on any atom is -0.382 e. The summed E-state index contributed by atoms with van der Waals surface area (Å²) in [5.74, 6) is 0.678. The first-order valence-corrected chi connectivity index (χ1v) is 6.28. The Morgan fingerprint density at radius 2 is 2.00 bits per heavy atom. The van der Waals surface area contributed by atoms with Crippen LogP contribution in [0.15, 0.2) is 6.20 Å². The third-order valence-electron chi connectivity index (χ3n) is 3.27. The van der Waals surface area contributed by atoms with Crippen LogP contribution < -0.4 is 11.5 Å². The fraction of sp³-hybridized carbons (Fsp3) is 0.545. The van der Waals surface area contributed by atoms with Crippen LogP contribution in [0.25, 0.3) is 11.0 Å². The zero-order valence-electron chi connectivity index (χ0n) is 10.6. The minimum atomic E-state index is 0.236. The summed E-state index contributed by atoms with van der Waals surface area (Å²) in [6.07, 6.45) is 1.62. The smallest absolute Gasteiger partial charge is 0.222 e. The summed E-state index contributed by atoms with van der Waals surface area (Å²) in [6.45, 7) is 5.10. The van der Waals surface area contributed by atoms with E-state index in [1.807, 2.05) is 0 Å². The summed E-state index contributed by atoms with van der Waals surface area (Å²) in [6, 6.07) is 0. The number of anilines is 2. The molecular formula is C11H17N7O. The Balaban J connectivity index is 1.78. The molecule has 3 rings (SSSR count). The highest BCUT2D eigenvalue weighted by atomic mass is 16.5. The molecule has 8 nitrogen and oxygen atoms in total. The van der Waals surface area contributed by atoms with E-state index in [4.69, 9.17) is 16.2 Å². The lowest BCUT2D eigenvalue weighted by Gasteiger charge is -2.26. The van der Waals surface area contributed by atoms with Crippen molar-refractivity contribution >= 4 is 22.8 Å². The molecule has 19 heavy (non-hydrogen) atoms. The van der Waals surface area contributed by atoms with E-state index < -0.39 is 0 Å². The lowest BCUT2D eigenvalue weighted by Crippen LogP contribution is -2.38. The third-order valence-corrected chi connectivity index (χ3v) is 3.27. The second-order valence-electron chi connectivity index (χ2n) is 4.53. The summed E-state index contributed by atoms with van der Waals surface area (Å²) < 4.78 is 7.11. The van der Waals surface area contributed by atoms with Crippen LogP contribution in [0, 0.1) is 0 Å². The molecule has 0 spiro atoms. The molecule has 0 aliphatic carbocycles. The van der Waals surface area contributed by atoms with Crippen molar-refractivity contribution in [3.63, 3.8) is 0 Å². The highest BCUT2D eigenvalue weighted by Gasteiger charge is 2.13. The molecule has 2 aromatic heterocycles. The maximum Gasteiger partial charge on any atom is 0.222 e. The molecule has 1 fully saturated rings. The number of aromatic nitrogens is 4. The zero-order chi connectivity index (χ0) is 13.2. The summed E-state index contributed by atoms with van der Waals surface area (Å²) in [4.78, 5) is 10.5. The van der Waals surface area contributed by atoms with Gasteiger partial charge in [-0.25, -0.2) is 9.67 Å². The van der Waals surface area contributed by atoms with Crippen LogP contribution in [0.4, 0.5) is 11.8 Å². The van der Waals surface area contributed by atoms with Gasteiger partial charge in [0.2, 0.25) is 5.95 Å². The second-order valence-corrected chi connectivity index (χ2v) is 4.53. The lowest BCUT2D eigenvalue weighted by atomic mass is 10.4. The van der Waals surface area contributed by atoms with Gasteiger partial charge in [-0.15, -0.1) is 0 Å². The monoisotopic (exact) mass is 263 g/mol. The van der Waals surface area contributed by atoms with Gasteiger partial charge in [-0.3, -0.25) is 4.90 Å². The van der Waals surface area contributed by atoms with E-state index in [1.165, 1.54) is 0 Å². The van der Waals surface area contributed by atoms with Crippen molar-refractivity contribution in [2.75, 3.05) is 44.3 Å². The Labute approximate surface area is 110 Å². The van der Waals surface area contributed by atoms with Crippen molar-refractivity contribution in [2.24, 2.45) is 0 Å². The van der Waals surface area contributed by atoms with E-state index >= 15 is 0 Å². The molecule has 1 aliphatic rings. The van der Waals surface area contributed by atoms with Crippen LogP contribution in [-0.2, 0) is 11.3 Å². The maximum absolute atomic E-state index is 5.85. The van der Waals surface area contributed by atoms with Gasteiger partial charge in [0.15, 0.2) is 11.5 Å². The first-order chi connectivity index (χ1) is 9.24. The Bertz CT molecular complexity index is 576. The summed E-state index contributed by atoms with van der Waals surface area (Å²) >= 11 is 0. The first kappa shape index (κ1) is 12.1. The van der Waals surface area contributed by atoms with Gasteiger partial charge in [0.1, 0.15) is 0 Å². The molecule has 1 saturated heterocycles.